The summed E-state index contributed by atoms with van der Waals surface area (Å²) in [6, 6.07) is 12.2. The third-order valence-corrected chi connectivity index (χ3v) is 5.08. The lowest BCUT2D eigenvalue weighted by Gasteiger charge is -2.32. The highest BCUT2D eigenvalue weighted by Gasteiger charge is 2.30. The molecule has 0 radical (unpaired) electrons. The monoisotopic (exact) mass is 352 g/mol. The first-order chi connectivity index (χ1) is 12.7. The number of carbonyl (C=O) groups is 1. The number of nitrogens with one attached hydrogen (secondary N) is 1. The van der Waals surface area contributed by atoms with Gasteiger partial charge in [0.1, 0.15) is 5.75 Å². The van der Waals surface area contributed by atoms with E-state index in [4.69, 9.17) is 4.74 Å². The zero-order valence-electron chi connectivity index (χ0n) is 15.0. The van der Waals surface area contributed by atoms with Gasteiger partial charge in [-0.2, -0.15) is 0 Å². The first-order valence-electron chi connectivity index (χ1n) is 9.26. The number of nitrogens with zero attached hydrogens (tertiary/aromatic N) is 3. The standard InChI is InChI=1S/C20H24N4O2/c1-26-17-8-4-14(5-9-17)18-10-11-19(23-22-18)24-12-2-3-15(13-24)20(25)21-16-6-7-16/h4-5,8-11,15-16H,2-3,6-7,12-13H2,1H3,(H,21,25). The lowest BCUT2D eigenvalue weighted by atomic mass is 9.97. The van der Waals surface area contributed by atoms with Crippen LogP contribution in [0.1, 0.15) is 25.7 Å². The van der Waals surface area contributed by atoms with Gasteiger partial charge in [0.25, 0.3) is 0 Å². The van der Waals surface area contributed by atoms with Gasteiger partial charge in [-0.05, 0) is 62.1 Å². The summed E-state index contributed by atoms with van der Waals surface area (Å²) in [7, 11) is 1.65. The average molecular weight is 352 g/mol. The maximum Gasteiger partial charge on any atom is 0.225 e. The summed E-state index contributed by atoms with van der Waals surface area (Å²) in [5, 5.41) is 11.9. The van der Waals surface area contributed by atoms with Gasteiger partial charge < -0.3 is 15.0 Å². The van der Waals surface area contributed by atoms with Crippen LogP contribution in [0.15, 0.2) is 36.4 Å². The zero-order chi connectivity index (χ0) is 17.9. The quantitative estimate of drug-likeness (QED) is 0.896. The number of rotatable bonds is 5. The van der Waals surface area contributed by atoms with Gasteiger partial charge in [-0.3, -0.25) is 4.79 Å². The molecule has 4 rings (SSSR count). The van der Waals surface area contributed by atoms with Gasteiger partial charge >= 0.3 is 0 Å². The van der Waals surface area contributed by atoms with Crippen molar-refractivity contribution in [2.75, 3.05) is 25.1 Å². The Morgan fingerprint density at radius 1 is 1.12 bits per heavy atom. The molecule has 1 N–H and O–H groups in total. The Labute approximate surface area is 153 Å². The normalized spacial score (nSPS) is 19.9. The molecule has 1 amide bonds. The molecule has 1 aromatic heterocycles. The van der Waals surface area contributed by atoms with Crippen LogP contribution >= 0.6 is 0 Å². The van der Waals surface area contributed by atoms with Gasteiger partial charge in [-0.25, -0.2) is 0 Å². The number of benzene rings is 1. The maximum absolute atomic E-state index is 12.3. The molecule has 1 saturated heterocycles. The van der Waals surface area contributed by atoms with Gasteiger partial charge in [0.15, 0.2) is 5.82 Å². The van der Waals surface area contributed by atoms with E-state index in [-0.39, 0.29) is 11.8 Å². The summed E-state index contributed by atoms with van der Waals surface area (Å²) in [6.07, 6.45) is 4.21. The minimum Gasteiger partial charge on any atom is -0.497 e. The molecule has 0 spiro atoms. The number of carbonyl (C=O) groups excluding carboxylic acids is 1. The molecule has 2 aliphatic rings. The molecule has 6 heteroatoms. The summed E-state index contributed by atoms with van der Waals surface area (Å²) in [5.41, 5.74) is 1.83. The second-order valence-electron chi connectivity index (χ2n) is 7.07. The molecule has 1 saturated carbocycles. The zero-order valence-corrected chi connectivity index (χ0v) is 15.0. The van der Waals surface area contributed by atoms with Crippen molar-refractivity contribution < 1.29 is 9.53 Å². The number of piperidine rings is 1. The molecule has 2 aromatic rings. The van der Waals surface area contributed by atoms with Gasteiger partial charge in [-0.15, -0.1) is 10.2 Å². The Balaban J connectivity index is 1.42. The van der Waals surface area contributed by atoms with E-state index >= 15 is 0 Å². The van der Waals surface area contributed by atoms with Crippen molar-refractivity contribution in [2.24, 2.45) is 5.92 Å². The first-order valence-corrected chi connectivity index (χ1v) is 9.26. The van der Waals surface area contributed by atoms with Crippen molar-refractivity contribution >= 4 is 11.7 Å². The lowest BCUT2D eigenvalue weighted by Crippen LogP contribution is -2.44. The van der Waals surface area contributed by atoms with Crippen LogP contribution in [0.4, 0.5) is 5.82 Å². The summed E-state index contributed by atoms with van der Waals surface area (Å²) in [6.45, 7) is 1.64. The van der Waals surface area contributed by atoms with Crippen molar-refractivity contribution in [3.63, 3.8) is 0 Å². The smallest absolute Gasteiger partial charge is 0.225 e. The lowest BCUT2D eigenvalue weighted by molar-refractivity contribution is -0.125. The van der Waals surface area contributed by atoms with Crippen LogP contribution in [0.3, 0.4) is 0 Å². The van der Waals surface area contributed by atoms with Gasteiger partial charge in [0.05, 0.1) is 18.7 Å². The Kier molecular flexibility index (Phi) is 4.73. The topological polar surface area (TPSA) is 67.3 Å². The van der Waals surface area contributed by atoms with E-state index < -0.39 is 0 Å². The molecule has 6 nitrogen and oxygen atoms in total. The molecule has 0 bridgehead atoms. The summed E-state index contributed by atoms with van der Waals surface area (Å²) < 4.78 is 5.19. The van der Waals surface area contributed by atoms with Crippen molar-refractivity contribution in [3.05, 3.63) is 36.4 Å². The van der Waals surface area contributed by atoms with Crippen LogP contribution in [0.2, 0.25) is 0 Å². The summed E-state index contributed by atoms with van der Waals surface area (Å²) in [5.74, 6) is 1.90. The second kappa shape index (κ2) is 7.32. The molecular weight excluding hydrogens is 328 g/mol. The van der Waals surface area contributed by atoms with E-state index in [1.165, 1.54) is 0 Å². The highest BCUT2D eigenvalue weighted by Crippen LogP contribution is 2.26. The number of amides is 1. The van der Waals surface area contributed by atoms with E-state index in [1.807, 2.05) is 36.4 Å². The van der Waals surface area contributed by atoms with E-state index in [0.717, 1.165) is 61.6 Å². The number of aromatic nitrogens is 2. The Bertz CT molecular complexity index is 756. The number of ether oxygens (including phenoxy) is 1. The first kappa shape index (κ1) is 16.8. The van der Waals surface area contributed by atoms with Gasteiger partial charge in [-0.1, -0.05) is 0 Å². The fourth-order valence-corrected chi connectivity index (χ4v) is 3.36. The molecule has 1 aliphatic heterocycles. The molecule has 2 heterocycles. The summed E-state index contributed by atoms with van der Waals surface area (Å²) in [4.78, 5) is 14.5. The molecule has 1 atom stereocenters. The third kappa shape index (κ3) is 3.79. The average Bonchev–Trinajstić information content (AvgIpc) is 3.52. The molecule has 136 valence electrons. The van der Waals surface area contributed by atoms with Crippen LogP contribution in [0.5, 0.6) is 5.75 Å². The fourth-order valence-electron chi connectivity index (χ4n) is 3.36. The molecule has 1 unspecified atom stereocenters. The number of hydrogen-bond acceptors (Lipinski definition) is 5. The molecule has 2 fully saturated rings. The third-order valence-electron chi connectivity index (χ3n) is 5.08. The maximum atomic E-state index is 12.3. The van der Waals surface area contributed by atoms with Crippen molar-refractivity contribution in [1.29, 1.82) is 0 Å². The molecule has 26 heavy (non-hydrogen) atoms. The minimum atomic E-state index is 0.0485. The highest BCUT2D eigenvalue weighted by molar-refractivity contribution is 5.80. The fraction of sp³-hybridized carbons (Fsp3) is 0.450. The molecule has 1 aromatic carbocycles. The minimum absolute atomic E-state index is 0.0485. The van der Waals surface area contributed by atoms with E-state index in [9.17, 15) is 4.79 Å². The SMILES string of the molecule is COc1ccc(-c2ccc(N3CCCC(C(=O)NC4CC4)C3)nn2)cc1. The number of anilines is 1. The van der Waals surface area contributed by atoms with E-state index in [1.54, 1.807) is 7.11 Å². The predicted molar refractivity (Wildman–Crippen MR) is 100 cm³/mol. The van der Waals surface area contributed by atoms with Crippen LogP contribution in [-0.2, 0) is 4.79 Å². The molecule has 1 aliphatic carbocycles. The largest absolute Gasteiger partial charge is 0.497 e. The molecular formula is C20H24N4O2. The van der Waals surface area contributed by atoms with E-state index in [2.05, 4.69) is 20.4 Å². The van der Waals surface area contributed by atoms with Gasteiger partial charge in [0, 0.05) is 24.7 Å². The highest BCUT2D eigenvalue weighted by atomic mass is 16.5. The number of methoxy groups -OCH3 is 1. The Morgan fingerprint density at radius 2 is 1.92 bits per heavy atom. The van der Waals surface area contributed by atoms with Crippen molar-refractivity contribution in [2.45, 2.75) is 31.7 Å². The number of hydrogen-bond donors (Lipinski definition) is 1. The van der Waals surface area contributed by atoms with Crippen molar-refractivity contribution in [1.82, 2.24) is 15.5 Å². The summed E-state index contributed by atoms with van der Waals surface area (Å²) >= 11 is 0. The van der Waals surface area contributed by atoms with Crippen molar-refractivity contribution in [3.8, 4) is 17.0 Å². The van der Waals surface area contributed by atoms with Crippen LogP contribution in [-0.4, -0.2) is 42.3 Å². The van der Waals surface area contributed by atoms with Crippen LogP contribution in [0.25, 0.3) is 11.3 Å². The predicted octanol–water partition coefficient (Wildman–Crippen LogP) is 2.65. The Hall–Kier alpha value is -2.63. The van der Waals surface area contributed by atoms with Gasteiger partial charge in [0.2, 0.25) is 5.91 Å². The second-order valence-corrected chi connectivity index (χ2v) is 7.07. The Morgan fingerprint density at radius 3 is 2.58 bits per heavy atom. The van der Waals surface area contributed by atoms with Crippen LogP contribution < -0.4 is 15.0 Å². The van der Waals surface area contributed by atoms with E-state index in [0.29, 0.717) is 6.04 Å². The van der Waals surface area contributed by atoms with Crippen LogP contribution in [0, 0.1) is 5.92 Å².